The summed E-state index contributed by atoms with van der Waals surface area (Å²) in [6.45, 7) is 3.90. The fourth-order valence-electron chi connectivity index (χ4n) is 4.78. The Morgan fingerprint density at radius 1 is 1.13 bits per heavy atom. The highest BCUT2D eigenvalue weighted by molar-refractivity contribution is 5.93. The van der Waals surface area contributed by atoms with Crippen LogP contribution in [0.15, 0.2) is 54.0 Å². The fraction of sp³-hybridized carbons (Fsp3) is 0.304. The molecule has 2 fully saturated rings. The summed E-state index contributed by atoms with van der Waals surface area (Å²) in [5, 5.41) is 1.53. The zero-order valence-electron chi connectivity index (χ0n) is 16.9. The Balaban J connectivity index is 1.32. The Morgan fingerprint density at radius 3 is 2.84 bits per heavy atom. The topological polar surface area (TPSA) is 81.7 Å². The van der Waals surface area contributed by atoms with Gasteiger partial charge in [-0.2, -0.15) is 0 Å². The first kappa shape index (κ1) is 18.3. The molecule has 8 nitrogen and oxygen atoms in total. The molecule has 1 spiro atoms. The number of nitrogens with zero attached hydrogens (tertiary/aromatic N) is 5. The molecule has 0 amide bonds. The van der Waals surface area contributed by atoms with Gasteiger partial charge in [-0.25, -0.2) is 4.98 Å². The lowest BCUT2D eigenvalue weighted by atomic mass is 9.79. The summed E-state index contributed by atoms with van der Waals surface area (Å²) in [5.74, 6) is 0. The van der Waals surface area contributed by atoms with Gasteiger partial charge in [0.1, 0.15) is 5.65 Å². The number of ether oxygens (including phenoxy) is 1. The Morgan fingerprint density at radius 2 is 2.03 bits per heavy atom. The molecule has 0 unspecified atom stereocenters. The lowest BCUT2D eigenvalue weighted by molar-refractivity contribution is 0.112. The van der Waals surface area contributed by atoms with E-state index < -0.39 is 0 Å². The standard InChI is InChI=1S/C23H21N5O3/c29-12-16-1-2-21-25-17(11-27(21)9-16)10-26-5-3-18-19(22(26)30)7-24-8-20(18)28-13-23(14-28)4-6-31-15-23/h1-3,5,7-9,11-12H,4,6,10,13-15H2. The lowest BCUT2D eigenvalue weighted by Gasteiger charge is -2.48. The molecular weight excluding hydrogens is 394 g/mol. The van der Waals surface area contributed by atoms with Gasteiger partial charge in [-0.15, -0.1) is 0 Å². The smallest absolute Gasteiger partial charge is 0.260 e. The fourth-order valence-corrected chi connectivity index (χ4v) is 4.78. The van der Waals surface area contributed by atoms with E-state index in [-0.39, 0.29) is 11.0 Å². The van der Waals surface area contributed by atoms with Crippen LogP contribution in [0, 0.1) is 5.41 Å². The number of imidazole rings is 1. The van der Waals surface area contributed by atoms with Crippen LogP contribution < -0.4 is 10.5 Å². The molecule has 8 heteroatoms. The van der Waals surface area contributed by atoms with Gasteiger partial charge in [0.15, 0.2) is 6.29 Å². The van der Waals surface area contributed by atoms with Gasteiger partial charge in [-0.1, -0.05) is 0 Å². The maximum atomic E-state index is 13.2. The summed E-state index contributed by atoms with van der Waals surface area (Å²) in [6, 6.07) is 5.51. The molecule has 6 heterocycles. The van der Waals surface area contributed by atoms with Crippen molar-refractivity contribution in [1.82, 2.24) is 18.9 Å². The van der Waals surface area contributed by atoms with Gasteiger partial charge in [0.25, 0.3) is 5.56 Å². The van der Waals surface area contributed by atoms with Gasteiger partial charge < -0.3 is 18.6 Å². The van der Waals surface area contributed by atoms with Gasteiger partial charge in [-0.05, 0) is 24.6 Å². The Hall–Kier alpha value is -3.52. The first-order chi connectivity index (χ1) is 15.1. The molecule has 0 atom stereocenters. The summed E-state index contributed by atoms with van der Waals surface area (Å²) in [6.07, 6.45) is 10.8. The third kappa shape index (κ3) is 2.94. The summed E-state index contributed by atoms with van der Waals surface area (Å²) < 4.78 is 9.03. The van der Waals surface area contributed by atoms with Crippen molar-refractivity contribution in [1.29, 1.82) is 0 Å². The van der Waals surface area contributed by atoms with Crippen LogP contribution in [-0.2, 0) is 11.3 Å². The highest BCUT2D eigenvalue weighted by atomic mass is 16.5. The monoisotopic (exact) mass is 415 g/mol. The van der Waals surface area contributed by atoms with E-state index in [1.807, 2.05) is 24.7 Å². The van der Waals surface area contributed by atoms with E-state index in [4.69, 9.17) is 4.74 Å². The van der Waals surface area contributed by atoms with E-state index >= 15 is 0 Å². The van der Waals surface area contributed by atoms with Gasteiger partial charge in [-0.3, -0.25) is 14.6 Å². The van der Waals surface area contributed by atoms with Gasteiger partial charge in [0.05, 0.1) is 36.1 Å². The molecular formula is C23H21N5O3. The molecule has 0 bridgehead atoms. The third-order valence-electron chi connectivity index (χ3n) is 6.45. The molecule has 156 valence electrons. The minimum atomic E-state index is -0.0862. The van der Waals surface area contributed by atoms with E-state index in [0.29, 0.717) is 17.5 Å². The van der Waals surface area contributed by atoms with E-state index in [9.17, 15) is 9.59 Å². The highest BCUT2D eigenvalue weighted by Crippen LogP contribution is 2.42. The molecule has 6 rings (SSSR count). The number of carbonyl (C=O) groups is 1. The predicted molar refractivity (Wildman–Crippen MR) is 116 cm³/mol. The first-order valence-corrected chi connectivity index (χ1v) is 10.4. The van der Waals surface area contributed by atoms with Crippen LogP contribution in [0.3, 0.4) is 0 Å². The van der Waals surface area contributed by atoms with Crippen LogP contribution in [0.4, 0.5) is 5.69 Å². The maximum absolute atomic E-state index is 13.2. The summed E-state index contributed by atoms with van der Waals surface area (Å²) in [4.78, 5) is 35.4. The number of hydrogen-bond donors (Lipinski definition) is 0. The number of hydrogen-bond acceptors (Lipinski definition) is 6. The van der Waals surface area contributed by atoms with Gasteiger partial charge >= 0.3 is 0 Å². The van der Waals surface area contributed by atoms with Crippen molar-refractivity contribution in [3.8, 4) is 0 Å². The van der Waals surface area contributed by atoms with Crippen molar-refractivity contribution in [3.63, 3.8) is 0 Å². The van der Waals surface area contributed by atoms with Crippen LogP contribution in [0.25, 0.3) is 16.4 Å². The van der Waals surface area contributed by atoms with Crippen molar-refractivity contribution >= 4 is 28.4 Å². The van der Waals surface area contributed by atoms with Crippen molar-refractivity contribution < 1.29 is 9.53 Å². The summed E-state index contributed by atoms with van der Waals surface area (Å²) in [7, 11) is 0. The number of fused-ring (bicyclic) bond motifs is 2. The van der Waals surface area contributed by atoms with Crippen molar-refractivity contribution in [2.75, 3.05) is 31.2 Å². The number of rotatable bonds is 4. The average molecular weight is 415 g/mol. The van der Waals surface area contributed by atoms with Gasteiger partial charge in [0, 0.05) is 60.8 Å². The van der Waals surface area contributed by atoms with Crippen LogP contribution in [0.2, 0.25) is 0 Å². The molecule has 2 aliphatic heterocycles. The average Bonchev–Trinajstić information content (AvgIpc) is 3.41. The number of carbonyl (C=O) groups excluding carboxylic acids is 1. The number of aromatic nitrogens is 4. The zero-order chi connectivity index (χ0) is 21.0. The lowest BCUT2D eigenvalue weighted by Crippen LogP contribution is -2.57. The summed E-state index contributed by atoms with van der Waals surface area (Å²) in [5.41, 5.74) is 3.25. The molecule has 4 aromatic rings. The predicted octanol–water partition coefficient (Wildman–Crippen LogP) is 2.13. The molecule has 0 aliphatic carbocycles. The molecule has 4 aromatic heterocycles. The molecule has 31 heavy (non-hydrogen) atoms. The minimum Gasteiger partial charge on any atom is -0.381 e. The largest absolute Gasteiger partial charge is 0.381 e. The molecule has 0 N–H and O–H groups in total. The van der Waals surface area contributed by atoms with E-state index in [2.05, 4.69) is 14.9 Å². The van der Waals surface area contributed by atoms with Crippen LogP contribution in [0.5, 0.6) is 0 Å². The Labute approximate surface area is 177 Å². The van der Waals surface area contributed by atoms with Crippen molar-refractivity contribution in [2.45, 2.75) is 13.0 Å². The SMILES string of the molecule is O=Cc1ccc2nc(Cn3ccc4c(N5CC6(CCOC6)C5)cncc4c3=O)cn2c1. The van der Waals surface area contributed by atoms with E-state index in [1.54, 1.807) is 33.5 Å². The van der Waals surface area contributed by atoms with Gasteiger partial charge in [0.2, 0.25) is 0 Å². The second-order valence-electron chi connectivity index (χ2n) is 8.61. The van der Waals surface area contributed by atoms with E-state index in [0.717, 1.165) is 61.4 Å². The van der Waals surface area contributed by atoms with E-state index in [1.165, 1.54) is 0 Å². The third-order valence-corrected chi connectivity index (χ3v) is 6.45. The molecule has 2 saturated heterocycles. The van der Waals surface area contributed by atoms with Crippen LogP contribution in [-0.4, -0.2) is 51.5 Å². The number of pyridine rings is 3. The highest BCUT2D eigenvalue weighted by Gasteiger charge is 2.46. The quantitative estimate of drug-likeness (QED) is 0.475. The molecule has 0 aromatic carbocycles. The Kier molecular flexibility index (Phi) is 3.97. The van der Waals surface area contributed by atoms with Crippen molar-refractivity contribution in [2.24, 2.45) is 5.41 Å². The molecule has 2 aliphatic rings. The number of aldehydes is 1. The van der Waals surface area contributed by atoms with Crippen LogP contribution >= 0.6 is 0 Å². The van der Waals surface area contributed by atoms with Crippen LogP contribution in [0.1, 0.15) is 22.5 Å². The summed E-state index contributed by atoms with van der Waals surface area (Å²) >= 11 is 0. The molecule has 0 radical (unpaired) electrons. The molecule has 0 saturated carbocycles. The minimum absolute atomic E-state index is 0.0862. The Bertz CT molecular complexity index is 1380. The maximum Gasteiger partial charge on any atom is 0.260 e. The van der Waals surface area contributed by atoms with Crippen molar-refractivity contribution in [3.05, 3.63) is 70.8 Å². The number of anilines is 1. The normalized spacial score (nSPS) is 17.5. The zero-order valence-corrected chi connectivity index (χ0v) is 16.9. The first-order valence-electron chi connectivity index (χ1n) is 10.4. The second kappa shape index (κ2) is 6.75. The second-order valence-corrected chi connectivity index (χ2v) is 8.61.